The minimum atomic E-state index is -0.320. The van der Waals surface area contributed by atoms with Crippen LogP contribution in [0.3, 0.4) is 0 Å². The van der Waals surface area contributed by atoms with Gasteiger partial charge in [-0.2, -0.15) is 5.26 Å². The quantitative estimate of drug-likeness (QED) is 0.560. The number of benzene rings is 1. The van der Waals surface area contributed by atoms with Gasteiger partial charge in [0.2, 0.25) is 0 Å². The lowest BCUT2D eigenvalue weighted by Crippen LogP contribution is -2.07. The molecule has 0 radical (unpaired) electrons. The highest BCUT2D eigenvalue weighted by Gasteiger charge is 2.10. The summed E-state index contributed by atoms with van der Waals surface area (Å²) in [6.45, 7) is 3.68. The smallest absolute Gasteiger partial charge is 0.310 e. The van der Waals surface area contributed by atoms with Crippen LogP contribution in [0.1, 0.15) is 31.4 Å². The van der Waals surface area contributed by atoms with Crippen LogP contribution in [-0.2, 0) is 11.2 Å². The summed E-state index contributed by atoms with van der Waals surface area (Å²) in [6, 6.07) is 7.36. The molecule has 0 aliphatic carbocycles. The van der Waals surface area contributed by atoms with E-state index in [1.165, 1.54) is 0 Å². The molecule has 0 atom stereocenters. The molecule has 0 saturated heterocycles. The van der Waals surface area contributed by atoms with Crippen LogP contribution in [0.2, 0.25) is 0 Å². The van der Waals surface area contributed by atoms with Crippen LogP contribution in [0.5, 0.6) is 5.75 Å². The van der Waals surface area contributed by atoms with Gasteiger partial charge >= 0.3 is 5.97 Å². The fourth-order valence-corrected chi connectivity index (χ4v) is 1.28. The molecule has 1 aromatic carbocycles. The van der Waals surface area contributed by atoms with E-state index < -0.39 is 0 Å². The number of nitrogens with zero attached hydrogens (tertiary/aromatic N) is 1. The van der Waals surface area contributed by atoms with E-state index in [-0.39, 0.29) is 5.97 Å². The molecule has 0 saturated carbocycles. The Morgan fingerprint density at radius 1 is 1.47 bits per heavy atom. The number of carbonyl (C=O) groups is 1. The van der Waals surface area contributed by atoms with Crippen molar-refractivity contribution in [2.24, 2.45) is 0 Å². The second kappa shape index (κ2) is 5.16. The number of carbonyl (C=O) groups excluding carboxylic acids is 1. The molecule has 0 aliphatic rings. The van der Waals surface area contributed by atoms with Crippen molar-refractivity contribution in [1.82, 2.24) is 0 Å². The van der Waals surface area contributed by atoms with Gasteiger partial charge in [0, 0.05) is 6.42 Å². The Kier molecular flexibility index (Phi) is 3.87. The standard InChI is InChI=1S/C12H13NO2/c1-3-9-6-5-7-11(10(9)8-13)15-12(14)4-2/h5-7H,3-4H2,1-2H3. The second-order valence-corrected chi connectivity index (χ2v) is 3.08. The fraction of sp³-hybridized carbons (Fsp3) is 0.333. The van der Waals surface area contributed by atoms with Crippen molar-refractivity contribution >= 4 is 5.97 Å². The molecule has 0 aliphatic heterocycles. The molecule has 0 bridgehead atoms. The monoisotopic (exact) mass is 203 g/mol. The van der Waals surface area contributed by atoms with E-state index in [9.17, 15) is 4.79 Å². The summed E-state index contributed by atoms with van der Waals surface area (Å²) in [5.74, 6) is 0.0449. The summed E-state index contributed by atoms with van der Waals surface area (Å²) in [6.07, 6.45) is 1.06. The van der Waals surface area contributed by atoms with E-state index in [1.54, 1.807) is 19.1 Å². The summed E-state index contributed by atoms with van der Waals surface area (Å²) in [7, 11) is 0. The van der Waals surface area contributed by atoms with E-state index in [2.05, 4.69) is 6.07 Å². The zero-order chi connectivity index (χ0) is 11.3. The largest absolute Gasteiger partial charge is 0.425 e. The minimum absolute atomic E-state index is 0.307. The predicted molar refractivity (Wildman–Crippen MR) is 56.5 cm³/mol. The molecule has 1 rings (SSSR count). The average molecular weight is 203 g/mol. The number of esters is 1. The van der Waals surface area contributed by atoms with Crippen molar-refractivity contribution in [3.05, 3.63) is 29.3 Å². The third-order valence-corrected chi connectivity index (χ3v) is 2.12. The van der Waals surface area contributed by atoms with E-state index in [4.69, 9.17) is 10.00 Å². The maximum atomic E-state index is 11.1. The van der Waals surface area contributed by atoms with Gasteiger partial charge in [-0.25, -0.2) is 0 Å². The molecule has 0 heterocycles. The van der Waals surface area contributed by atoms with Crippen molar-refractivity contribution in [1.29, 1.82) is 5.26 Å². The molecule has 0 amide bonds. The summed E-state index contributed by atoms with van der Waals surface area (Å²) < 4.78 is 5.07. The van der Waals surface area contributed by atoms with Gasteiger partial charge in [-0.1, -0.05) is 26.0 Å². The average Bonchev–Trinajstić information content (AvgIpc) is 2.28. The molecule has 0 aromatic heterocycles. The van der Waals surface area contributed by atoms with Gasteiger partial charge in [0.05, 0.1) is 5.56 Å². The third-order valence-electron chi connectivity index (χ3n) is 2.12. The first-order valence-corrected chi connectivity index (χ1v) is 4.95. The van der Waals surface area contributed by atoms with E-state index in [1.807, 2.05) is 13.0 Å². The van der Waals surface area contributed by atoms with Crippen LogP contribution in [0.15, 0.2) is 18.2 Å². The number of aryl methyl sites for hydroxylation is 1. The molecule has 0 unspecified atom stereocenters. The van der Waals surface area contributed by atoms with Gasteiger partial charge in [-0.3, -0.25) is 4.79 Å². The lowest BCUT2D eigenvalue weighted by atomic mass is 10.1. The molecule has 0 fully saturated rings. The first-order chi connectivity index (χ1) is 7.22. The van der Waals surface area contributed by atoms with Crippen molar-refractivity contribution in [2.45, 2.75) is 26.7 Å². The highest BCUT2D eigenvalue weighted by atomic mass is 16.5. The van der Waals surface area contributed by atoms with Crippen LogP contribution in [0.25, 0.3) is 0 Å². The minimum Gasteiger partial charge on any atom is -0.425 e. The predicted octanol–water partition coefficient (Wildman–Crippen LogP) is 2.44. The van der Waals surface area contributed by atoms with E-state index in [0.717, 1.165) is 12.0 Å². The number of rotatable bonds is 3. The van der Waals surface area contributed by atoms with Crippen molar-refractivity contribution < 1.29 is 9.53 Å². The third kappa shape index (κ3) is 2.57. The van der Waals surface area contributed by atoms with E-state index in [0.29, 0.717) is 17.7 Å². The Balaban J connectivity index is 3.08. The van der Waals surface area contributed by atoms with Crippen LogP contribution in [0.4, 0.5) is 0 Å². The second-order valence-electron chi connectivity index (χ2n) is 3.08. The Bertz CT molecular complexity index is 405. The topological polar surface area (TPSA) is 50.1 Å². The van der Waals surface area contributed by atoms with Gasteiger partial charge in [0.15, 0.2) is 0 Å². The zero-order valence-corrected chi connectivity index (χ0v) is 8.91. The Morgan fingerprint density at radius 3 is 2.73 bits per heavy atom. The normalized spacial score (nSPS) is 9.40. The molecule has 3 heteroatoms. The van der Waals surface area contributed by atoms with Crippen LogP contribution in [0, 0.1) is 11.3 Å². The van der Waals surface area contributed by atoms with Crippen molar-refractivity contribution in [2.75, 3.05) is 0 Å². The molecule has 0 spiro atoms. The summed E-state index contributed by atoms with van der Waals surface area (Å²) in [5, 5.41) is 8.97. The lowest BCUT2D eigenvalue weighted by Gasteiger charge is -2.07. The SMILES string of the molecule is CCC(=O)Oc1cccc(CC)c1C#N. The molecule has 3 nitrogen and oxygen atoms in total. The Hall–Kier alpha value is -1.82. The summed E-state index contributed by atoms with van der Waals surface area (Å²) >= 11 is 0. The molecular weight excluding hydrogens is 190 g/mol. The zero-order valence-electron chi connectivity index (χ0n) is 8.91. The van der Waals surface area contributed by atoms with E-state index >= 15 is 0 Å². The van der Waals surface area contributed by atoms with Gasteiger partial charge in [0.25, 0.3) is 0 Å². The highest BCUT2D eigenvalue weighted by molar-refractivity contribution is 5.73. The summed E-state index contributed by atoms with van der Waals surface area (Å²) in [4.78, 5) is 11.1. The molecule has 0 N–H and O–H groups in total. The van der Waals surface area contributed by atoms with Crippen LogP contribution >= 0.6 is 0 Å². The molecule has 1 aromatic rings. The van der Waals surface area contributed by atoms with Crippen LogP contribution in [-0.4, -0.2) is 5.97 Å². The van der Waals surface area contributed by atoms with Crippen molar-refractivity contribution in [3.8, 4) is 11.8 Å². The van der Waals surface area contributed by atoms with Gasteiger partial charge in [-0.15, -0.1) is 0 Å². The van der Waals surface area contributed by atoms with Gasteiger partial charge in [-0.05, 0) is 18.1 Å². The Morgan fingerprint density at radius 2 is 2.20 bits per heavy atom. The number of nitriles is 1. The first-order valence-electron chi connectivity index (χ1n) is 4.95. The molecule has 78 valence electrons. The number of hydrogen-bond donors (Lipinski definition) is 0. The Labute approximate surface area is 89.3 Å². The van der Waals surface area contributed by atoms with Crippen LogP contribution < -0.4 is 4.74 Å². The van der Waals surface area contributed by atoms with Crippen molar-refractivity contribution in [3.63, 3.8) is 0 Å². The highest BCUT2D eigenvalue weighted by Crippen LogP contribution is 2.22. The fourth-order valence-electron chi connectivity index (χ4n) is 1.28. The molecular formula is C12H13NO2. The number of ether oxygens (including phenoxy) is 1. The van der Waals surface area contributed by atoms with Gasteiger partial charge in [0.1, 0.15) is 11.8 Å². The molecule has 15 heavy (non-hydrogen) atoms. The maximum absolute atomic E-state index is 11.1. The number of hydrogen-bond acceptors (Lipinski definition) is 3. The first kappa shape index (κ1) is 11.3. The lowest BCUT2D eigenvalue weighted by molar-refractivity contribution is -0.134. The maximum Gasteiger partial charge on any atom is 0.310 e. The summed E-state index contributed by atoms with van der Waals surface area (Å²) in [5.41, 5.74) is 1.36. The van der Waals surface area contributed by atoms with Gasteiger partial charge < -0.3 is 4.74 Å².